The highest BCUT2D eigenvalue weighted by Crippen LogP contribution is 2.32. The third-order valence-corrected chi connectivity index (χ3v) is 3.65. The Morgan fingerprint density at radius 3 is 2.26 bits per heavy atom. The minimum atomic E-state index is 0.302. The lowest BCUT2D eigenvalue weighted by molar-refractivity contribution is 0.174. The summed E-state index contributed by atoms with van der Waals surface area (Å²) < 4.78 is 10.7. The summed E-state index contributed by atoms with van der Waals surface area (Å²) >= 11 is 0. The number of rotatable bonds is 6. The molecule has 0 fully saturated rings. The maximum Gasteiger partial charge on any atom is 0.231 e. The molecule has 0 aromatic heterocycles. The smallest absolute Gasteiger partial charge is 0.231 e. The molecule has 0 radical (unpaired) electrons. The van der Waals surface area contributed by atoms with E-state index in [1.165, 1.54) is 0 Å². The van der Waals surface area contributed by atoms with Gasteiger partial charge in [-0.1, -0.05) is 42.5 Å². The van der Waals surface area contributed by atoms with Crippen molar-refractivity contribution in [3.63, 3.8) is 0 Å². The van der Waals surface area contributed by atoms with E-state index >= 15 is 0 Å². The normalized spacial score (nSPS) is 13.2. The average molecular weight is 308 g/mol. The summed E-state index contributed by atoms with van der Waals surface area (Å²) in [5, 5.41) is 9.22. The first-order valence-electron chi connectivity index (χ1n) is 7.83. The second-order valence-electron chi connectivity index (χ2n) is 5.44. The van der Waals surface area contributed by atoms with Gasteiger partial charge in [0.1, 0.15) is 5.75 Å². The summed E-state index contributed by atoms with van der Waals surface area (Å²) in [6, 6.07) is 13.2. The van der Waals surface area contributed by atoms with Gasteiger partial charge in [0.05, 0.1) is 0 Å². The minimum Gasteiger partial charge on any atom is -0.508 e. The molecule has 118 valence electrons. The topological polar surface area (TPSA) is 38.7 Å². The number of benzene rings is 2. The third-order valence-electron chi connectivity index (χ3n) is 3.65. The molecule has 0 saturated carbocycles. The fourth-order valence-corrected chi connectivity index (χ4v) is 2.39. The van der Waals surface area contributed by atoms with Crippen molar-refractivity contribution in [1.29, 1.82) is 0 Å². The molecule has 0 unspecified atom stereocenters. The van der Waals surface area contributed by atoms with Crippen LogP contribution >= 0.6 is 0 Å². The van der Waals surface area contributed by atoms with Gasteiger partial charge in [0.2, 0.25) is 6.79 Å². The highest BCUT2D eigenvalue weighted by atomic mass is 16.7. The molecular formula is C20H20O3. The summed E-state index contributed by atoms with van der Waals surface area (Å²) in [6.45, 7) is 0.315. The van der Waals surface area contributed by atoms with Gasteiger partial charge in [-0.05, 0) is 54.7 Å². The van der Waals surface area contributed by atoms with Crippen molar-refractivity contribution in [3.05, 3.63) is 65.7 Å². The number of fused-ring (bicyclic) bond motifs is 1. The fraction of sp³-hybridized carbons (Fsp3) is 0.200. The SMILES string of the molecule is Oc1ccc(/C=C/CCC/C=C/c2ccc3c(c2)OCO3)cc1. The molecule has 1 N–H and O–H groups in total. The Balaban J connectivity index is 1.40. The van der Waals surface area contributed by atoms with Gasteiger partial charge >= 0.3 is 0 Å². The predicted molar refractivity (Wildman–Crippen MR) is 92.6 cm³/mol. The van der Waals surface area contributed by atoms with Crippen molar-refractivity contribution in [2.45, 2.75) is 19.3 Å². The number of allylic oxidation sites excluding steroid dienone is 2. The molecule has 1 aliphatic rings. The van der Waals surface area contributed by atoms with E-state index in [9.17, 15) is 5.11 Å². The Kier molecular flexibility index (Phi) is 4.99. The van der Waals surface area contributed by atoms with Crippen molar-refractivity contribution in [2.24, 2.45) is 0 Å². The maximum absolute atomic E-state index is 9.22. The molecule has 0 bridgehead atoms. The van der Waals surface area contributed by atoms with Crippen molar-refractivity contribution in [1.82, 2.24) is 0 Å². The highest BCUT2D eigenvalue weighted by molar-refractivity contribution is 5.56. The van der Waals surface area contributed by atoms with Crippen LogP contribution in [0.4, 0.5) is 0 Å². The van der Waals surface area contributed by atoms with E-state index in [4.69, 9.17) is 9.47 Å². The van der Waals surface area contributed by atoms with E-state index in [1.54, 1.807) is 12.1 Å². The second-order valence-corrected chi connectivity index (χ2v) is 5.44. The van der Waals surface area contributed by atoms with E-state index in [-0.39, 0.29) is 0 Å². The van der Waals surface area contributed by atoms with Gasteiger partial charge < -0.3 is 14.6 Å². The predicted octanol–water partition coefficient (Wildman–Crippen LogP) is 5.02. The molecule has 0 saturated heterocycles. The van der Waals surface area contributed by atoms with Gasteiger partial charge in [0.25, 0.3) is 0 Å². The van der Waals surface area contributed by atoms with E-state index in [0.29, 0.717) is 12.5 Å². The van der Waals surface area contributed by atoms with E-state index in [2.05, 4.69) is 24.3 Å². The summed E-state index contributed by atoms with van der Waals surface area (Å²) in [7, 11) is 0. The molecule has 0 aliphatic carbocycles. The van der Waals surface area contributed by atoms with E-state index in [0.717, 1.165) is 41.9 Å². The molecule has 2 aromatic carbocycles. The summed E-state index contributed by atoms with van der Waals surface area (Å²) in [4.78, 5) is 0. The van der Waals surface area contributed by atoms with Crippen molar-refractivity contribution >= 4 is 12.2 Å². The molecule has 2 aromatic rings. The number of phenolic OH excluding ortho intramolecular Hbond substituents is 1. The molecule has 3 heteroatoms. The molecular weight excluding hydrogens is 288 g/mol. The minimum absolute atomic E-state index is 0.302. The van der Waals surface area contributed by atoms with E-state index < -0.39 is 0 Å². The molecule has 1 heterocycles. The van der Waals surface area contributed by atoms with E-state index in [1.807, 2.05) is 30.3 Å². The van der Waals surface area contributed by atoms with Crippen LogP contribution in [0.2, 0.25) is 0 Å². The van der Waals surface area contributed by atoms with Crippen LogP contribution in [-0.2, 0) is 0 Å². The number of unbranched alkanes of at least 4 members (excludes halogenated alkanes) is 2. The zero-order valence-corrected chi connectivity index (χ0v) is 12.9. The lowest BCUT2D eigenvalue weighted by atomic mass is 10.1. The Labute approximate surface area is 136 Å². The first-order chi connectivity index (χ1) is 11.3. The largest absolute Gasteiger partial charge is 0.508 e. The number of aromatic hydroxyl groups is 1. The maximum atomic E-state index is 9.22. The Hall–Kier alpha value is -2.68. The monoisotopic (exact) mass is 308 g/mol. The summed E-state index contributed by atoms with van der Waals surface area (Å²) in [5.41, 5.74) is 2.24. The quantitative estimate of drug-likeness (QED) is 0.762. The highest BCUT2D eigenvalue weighted by Gasteiger charge is 2.11. The van der Waals surface area contributed by atoms with Gasteiger partial charge in [-0.2, -0.15) is 0 Å². The van der Waals surface area contributed by atoms with Crippen LogP contribution in [0.1, 0.15) is 30.4 Å². The molecule has 23 heavy (non-hydrogen) atoms. The number of hydrogen-bond donors (Lipinski definition) is 1. The molecule has 3 rings (SSSR count). The summed E-state index contributed by atoms with van der Waals surface area (Å²) in [5.74, 6) is 1.95. The summed E-state index contributed by atoms with van der Waals surface area (Å²) in [6.07, 6.45) is 11.7. The first-order valence-corrected chi connectivity index (χ1v) is 7.83. The van der Waals surface area contributed by atoms with Gasteiger partial charge in [0, 0.05) is 0 Å². The van der Waals surface area contributed by atoms with Crippen molar-refractivity contribution in [3.8, 4) is 17.2 Å². The zero-order chi connectivity index (χ0) is 15.9. The van der Waals surface area contributed by atoms with Gasteiger partial charge in [-0.25, -0.2) is 0 Å². The third kappa shape index (κ3) is 4.39. The molecule has 1 aliphatic heterocycles. The Bertz CT molecular complexity index is 699. The van der Waals surface area contributed by atoms with Crippen LogP contribution < -0.4 is 9.47 Å². The lowest BCUT2D eigenvalue weighted by Gasteiger charge is -1.97. The van der Waals surface area contributed by atoms with Crippen LogP contribution in [0.15, 0.2) is 54.6 Å². The number of ether oxygens (including phenoxy) is 2. The van der Waals surface area contributed by atoms with Crippen LogP contribution in [-0.4, -0.2) is 11.9 Å². The average Bonchev–Trinajstić information content (AvgIpc) is 3.03. The molecule has 0 amide bonds. The van der Waals surface area contributed by atoms with Crippen LogP contribution in [0.3, 0.4) is 0 Å². The fourth-order valence-electron chi connectivity index (χ4n) is 2.39. The van der Waals surface area contributed by atoms with Crippen molar-refractivity contribution < 1.29 is 14.6 Å². The molecule has 0 atom stereocenters. The number of phenols is 1. The van der Waals surface area contributed by atoms with Gasteiger partial charge in [-0.3, -0.25) is 0 Å². The lowest BCUT2D eigenvalue weighted by Crippen LogP contribution is -1.92. The first kappa shape index (κ1) is 15.2. The zero-order valence-electron chi connectivity index (χ0n) is 12.9. The van der Waals surface area contributed by atoms with Crippen LogP contribution in [0.25, 0.3) is 12.2 Å². The van der Waals surface area contributed by atoms with Crippen LogP contribution in [0, 0.1) is 0 Å². The molecule has 0 spiro atoms. The Morgan fingerprint density at radius 2 is 1.48 bits per heavy atom. The Morgan fingerprint density at radius 1 is 0.826 bits per heavy atom. The van der Waals surface area contributed by atoms with Crippen molar-refractivity contribution in [2.75, 3.05) is 6.79 Å². The standard InChI is InChI=1S/C20H20O3/c21-18-11-8-16(9-12-18)6-4-2-1-3-5-7-17-10-13-19-20(14-17)23-15-22-19/h4-14,21H,1-3,15H2/b6-4+,7-5+. The number of hydrogen-bond acceptors (Lipinski definition) is 3. The second kappa shape index (κ2) is 7.54. The van der Waals surface area contributed by atoms with Gasteiger partial charge in [0.15, 0.2) is 11.5 Å². The molecule has 3 nitrogen and oxygen atoms in total. The van der Waals surface area contributed by atoms with Gasteiger partial charge in [-0.15, -0.1) is 0 Å². The van der Waals surface area contributed by atoms with Crippen LogP contribution in [0.5, 0.6) is 17.2 Å².